The van der Waals surface area contributed by atoms with Crippen LogP contribution in [0.15, 0.2) is 23.2 Å². The predicted octanol–water partition coefficient (Wildman–Crippen LogP) is 3.91. The summed E-state index contributed by atoms with van der Waals surface area (Å²) in [6.45, 7) is 2.20. The van der Waals surface area contributed by atoms with Crippen LogP contribution in [0.5, 0.6) is 11.5 Å². The molecule has 0 radical (unpaired) electrons. The van der Waals surface area contributed by atoms with E-state index in [0.717, 1.165) is 24.8 Å². The number of nitrogens with zero attached hydrogens (tertiary/aromatic N) is 2. The van der Waals surface area contributed by atoms with Crippen molar-refractivity contribution < 1.29 is 10.2 Å². The highest BCUT2D eigenvalue weighted by molar-refractivity contribution is 7.16. The van der Waals surface area contributed by atoms with Gasteiger partial charge in [0.1, 0.15) is 11.1 Å². The molecule has 1 aliphatic rings. The third kappa shape index (κ3) is 2.58. The Morgan fingerprint density at radius 3 is 3.00 bits per heavy atom. The molecule has 1 atom stereocenters. The molecule has 0 fully saturated rings. The second-order valence-electron chi connectivity index (χ2n) is 5.62. The van der Waals surface area contributed by atoms with Crippen LogP contribution in [0.1, 0.15) is 34.9 Å². The highest BCUT2D eigenvalue weighted by Crippen LogP contribution is 2.40. The van der Waals surface area contributed by atoms with Gasteiger partial charge in [0, 0.05) is 16.7 Å². The Balaban J connectivity index is 1.98. The van der Waals surface area contributed by atoms with Gasteiger partial charge in [-0.1, -0.05) is 13.0 Å². The van der Waals surface area contributed by atoms with Gasteiger partial charge in [0.05, 0.1) is 5.56 Å². The van der Waals surface area contributed by atoms with Crippen LogP contribution >= 0.6 is 11.3 Å². The van der Waals surface area contributed by atoms with Crippen molar-refractivity contribution in [1.82, 2.24) is 0 Å². The summed E-state index contributed by atoms with van der Waals surface area (Å²) in [7, 11) is 0. The Hall–Kier alpha value is -2.32. The molecule has 0 saturated carbocycles. The second kappa shape index (κ2) is 5.82. The Bertz CT molecular complexity index is 787. The van der Waals surface area contributed by atoms with E-state index in [1.54, 1.807) is 23.5 Å². The maximum Gasteiger partial charge on any atom is 0.166 e. The minimum atomic E-state index is -0.195. The molecule has 0 amide bonds. The summed E-state index contributed by atoms with van der Waals surface area (Å²) in [6, 6.07) is 7.00. The Labute approximate surface area is 133 Å². The van der Waals surface area contributed by atoms with Gasteiger partial charge in [-0.3, -0.25) is 0 Å². The van der Waals surface area contributed by atoms with Gasteiger partial charge in [-0.05, 0) is 42.9 Å². The van der Waals surface area contributed by atoms with Crippen LogP contribution < -0.4 is 0 Å². The SMILES string of the molecule is CC1CCc2sc(/N=C/c3cccc(O)c3O)c(C#N)c2C1. The van der Waals surface area contributed by atoms with Gasteiger partial charge in [-0.2, -0.15) is 5.26 Å². The van der Waals surface area contributed by atoms with Crippen LogP contribution in [0.2, 0.25) is 0 Å². The highest BCUT2D eigenvalue weighted by atomic mass is 32.1. The number of para-hydroxylation sites is 1. The predicted molar refractivity (Wildman–Crippen MR) is 87.2 cm³/mol. The van der Waals surface area contributed by atoms with E-state index < -0.39 is 0 Å². The summed E-state index contributed by atoms with van der Waals surface area (Å²) in [4.78, 5) is 5.63. The molecule has 1 aromatic carbocycles. The molecule has 2 N–H and O–H groups in total. The number of aromatic hydroxyl groups is 2. The summed E-state index contributed by atoms with van der Waals surface area (Å²) < 4.78 is 0. The number of aliphatic imine (C=N–C) groups is 1. The molecule has 0 bridgehead atoms. The molecule has 2 aromatic rings. The number of rotatable bonds is 2. The molecule has 0 aliphatic heterocycles. The fourth-order valence-corrected chi connectivity index (χ4v) is 3.87. The molecule has 1 unspecified atom stereocenters. The number of hydrogen-bond acceptors (Lipinski definition) is 5. The quantitative estimate of drug-likeness (QED) is 0.652. The van der Waals surface area contributed by atoms with Crippen molar-refractivity contribution >= 4 is 22.6 Å². The van der Waals surface area contributed by atoms with Gasteiger partial charge >= 0.3 is 0 Å². The largest absolute Gasteiger partial charge is 0.504 e. The van der Waals surface area contributed by atoms with Crippen LogP contribution in [-0.4, -0.2) is 16.4 Å². The van der Waals surface area contributed by atoms with Crippen LogP contribution in [0, 0.1) is 17.2 Å². The van der Waals surface area contributed by atoms with Gasteiger partial charge in [-0.25, -0.2) is 4.99 Å². The second-order valence-corrected chi connectivity index (χ2v) is 6.70. The molecule has 3 rings (SSSR count). The van der Waals surface area contributed by atoms with Crippen molar-refractivity contribution in [2.24, 2.45) is 10.9 Å². The number of thiophene rings is 1. The van der Waals surface area contributed by atoms with E-state index in [2.05, 4.69) is 18.0 Å². The van der Waals surface area contributed by atoms with Gasteiger partial charge < -0.3 is 10.2 Å². The van der Waals surface area contributed by atoms with Gasteiger partial charge in [0.2, 0.25) is 0 Å². The number of benzene rings is 1. The summed E-state index contributed by atoms with van der Waals surface area (Å²) in [5, 5.41) is 29.4. The lowest BCUT2D eigenvalue weighted by atomic mass is 9.88. The summed E-state index contributed by atoms with van der Waals surface area (Å²) >= 11 is 1.55. The number of aryl methyl sites for hydroxylation is 1. The van der Waals surface area contributed by atoms with Gasteiger partial charge in [0.15, 0.2) is 11.5 Å². The molecule has 0 spiro atoms. The van der Waals surface area contributed by atoms with E-state index in [4.69, 9.17) is 0 Å². The zero-order valence-electron chi connectivity index (χ0n) is 12.2. The van der Waals surface area contributed by atoms with Crippen molar-refractivity contribution in [3.05, 3.63) is 39.8 Å². The van der Waals surface area contributed by atoms with Crippen molar-refractivity contribution in [3.8, 4) is 17.6 Å². The van der Waals surface area contributed by atoms with Gasteiger partial charge in [-0.15, -0.1) is 11.3 Å². The van der Waals surface area contributed by atoms with Crippen molar-refractivity contribution in [1.29, 1.82) is 5.26 Å². The molecule has 0 saturated heterocycles. The number of hydrogen-bond donors (Lipinski definition) is 2. The smallest absolute Gasteiger partial charge is 0.166 e. The van der Waals surface area contributed by atoms with E-state index in [1.807, 2.05) is 0 Å². The molecule has 1 heterocycles. The Kier molecular flexibility index (Phi) is 3.86. The fraction of sp³-hybridized carbons (Fsp3) is 0.294. The van der Waals surface area contributed by atoms with E-state index >= 15 is 0 Å². The molecule has 4 nitrogen and oxygen atoms in total. The molecule has 5 heteroatoms. The van der Waals surface area contributed by atoms with E-state index in [1.165, 1.54) is 17.2 Å². The minimum Gasteiger partial charge on any atom is -0.504 e. The zero-order chi connectivity index (χ0) is 15.7. The first-order valence-electron chi connectivity index (χ1n) is 7.19. The van der Waals surface area contributed by atoms with E-state index in [9.17, 15) is 15.5 Å². The molecular weight excluding hydrogens is 296 g/mol. The Morgan fingerprint density at radius 1 is 1.41 bits per heavy atom. The zero-order valence-corrected chi connectivity index (χ0v) is 13.0. The summed E-state index contributed by atoms with van der Waals surface area (Å²) in [6.07, 6.45) is 4.58. The Morgan fingerprint density at radius 2 is 2.23 bits per heavy atom. The average molecular weight is 312 g/mol. The molecule has 22 heavy (non-hydrogen) atoms. The number of fused-ring (bicyclic) bond motifs is 1. The van der Waals surface area contributed by atoms with E-state index in [0.29, 0.717) is 22.0 Å². The fourth-order valence-electron chi connectivity index (χ4n) is 2.73. The minimum absolute atomic E-state index is 0.177. The highest BCUT2D eigenvalue weighted by Gasteiger charge is 2.23. The van der Waals surface area contributed by atoms with Gasteiger partial charge in [0.25, 0.3) is 0 Å². The summed E-state index contributed by atoms with van der Waals surface area (Å²) in [5.41, 5.74) is 2.23. The third-order valence-electron chi connectivity index (χ3n) is 3.97. The lowest BCUT2D eigenvalue weighted by Gasteiger charge is -2.17. The maximum absolute atomic E-state index is 9.80. The van der Waals surface area contributed by atoms with Crippen molar-refractivity contribution in [2.45, 2.75) is 26.2 Å². The lowest BCUT2D eigenvalue weighted by molar-refractivity contribution is 0.403. The average Bonchev–Trinajstić information content (AvgIpc) is 2.85. The lowest BCUT2D eigenvalue weighted by Crippen LogP contribution is -2.09. The van der Waals surface area contributed by atoms with Crippen LogP contribution in [-0.2, 0) is 12.8 Å². The third-order valence-corrected chi connectivity index (χ3v) is 5.17. The molecular formula is C17H16N2O2S. The standard InChI is InChI=1S/C17H16N2O2S/c1-10-5-6-15-12(7-10)13(8-18)17(22-15)19-9-11-3-2-4-14(20)16(11)21/h2-4,9-10,20-21H,5-7H2,1H3/b19-9+. The normalized spacial score (nSPS) is 17.4. The van der Waals surface area contributed by atoms with Crippen LogP contribution in [0.25, 0.3) is 0 Å². The first-order valence-corrected chi connectivity index (χ1v) is 8.01. The number of nitriles is 1. The summed E-state index contributed by atoms with van der Waals surface area (Å²) in [5.74, 6) is 0.226. The molecule has 112 valence electrons. The first kappa shape index (κ1) is 14.6. The number of phenols is 2. The van der Waals surface area contributed by atoms with Crippen LogP contribution in [0.3, 0.4) is 0 Å². The molecule has 1 aromatic heterocycles. The van der Waals surface area contributed by atoms with Crippen molar-refractivity contribution in [3.63, 3.8) is 0 Å². The topological polar surface area (TPSA) is 76.6 Å². The van der Waals surface area contributed by atoms with E-state index in [-0.39, 0.29) is 11.5 Å². The monoisotopic (exact) mass is 312 g/mol. The molecule has 1 aliphatic carbocycles. The number of phenolic OH excluding ortho intramolecular Hbond substituents is 2. The first-order chi connectivity index (χ1) is 10.6. The van der Waals surface area contributed by atoms with Crippen LogP contribution in [0.4, 0.5) is 5.00 Å². The van der Waals surface area contributed by atoms with Crippen molar-refractivity contribution in [2.75, 3.05) is 0 Å². The maximum atomic E-state index is 9.80.